The predicted octanol–water partition coefficient (Wildman–Crippen LogP) is 7.44. The van der Waals surface area contributed by atoms with E-state index in [-0.39, 0.29) is 0 Å². The molecule has 146 valence electrons. The minimum absolute atomic E-state index is 0.574. The Balaban J connectivity index is 1.60. The Kier molecular flexibility index (Phi) is 6.46. The van der Waals surface area contributed by atoms with Crippen LogP contribution in [0.5, 0.6) is 0 Å². The number of anilines is 1. The predicted molar refractivity (Wildman–Crippen MR) is 106 cm³/mol. The molecule has 0 atom stereocenters. The highest BCUT2D eigenvalue weighted by Crippen LogP contribution is 2.42. The molecule has 2 aromatic carbocycles. The van der Waals surface area contributed by atoms with Gasteiger partial charge in [-0.1, -0.05) is 63.6 Å². The standard InChI is InChI=1S/C23H28F3N/c1-2-3-4-5-6-7-8-14-27-22-11-9-10-19-20-16-18(23(24,25)26)13-12-17(20)15-21(19)22/h9-13,16,27H,2-8,14-15H2,1H3. The van der Waals surface area contributed by atoms with Gasteiger partial charge in [-0.05, 0) is 46.9 Å². The molecule has 0 amide bonds. The molecule has 1 aliphatic carbocycles. The van der Waals surface area contributed by atoms with Crippen LogP contribution in [-0.2, 0) is 12.6 Å². The Labute approximate surface area is 160 Å². The first-order chi connectivity index (χ1) is 13.0. The molecule has 1 N–H and O–H groups in total. The Morgan fingerprint density at radius 3 is 2.37 bits per heavy atom. The quantitative estimate of drug-likeness (QED) is 0.383. The van der Waals surface area contributed by atoms with E-state index in [0.717, 1.165) is 40.9 Å². The largest absolute Gasteiger partial charge is 0.416 e. The van der Waals surface area contributed by atoms with Gasteiger partial charge in [0.1, 0.15) is 0 Å². The summed E-state index contributed by atoms with van der Waals surface area (Å²) in [5.74, 6) is 0. The molecule has 0 spiro atoms. The number of benzene rings is 2. The molecule has 1 aliphatic rings. The summed E-state index contributed by atoms with van der Waals surface area (Å²) < 4.78 is 39.1. The van der Waals surface area contributed by atoms with E-state index in [1.165, 1.54) is 50.7 Å². The first kappa shape index (κ1) is 19.8. The summed E-state index contributed by atoms with van der Waals surface area (Å²) in [4.78, 5) is 0. The van der Waals surface area contributed by atoms with E-state index in [9.17, 15) is 13.2 Å². The fourth-order valence-corrected chi connectivity index (χ4v) is 3.85. The van der Waals surface area contributed by atoms with E-state index >= 15 is 0 Å². The third-order valence-electron chi connectivity index (χ3n) is 5.37. The lowest BCUT2D eigenvalue weighted by Gasteiger charge is -2.12. The van der Waals surface area contributed by atoms with E-state index in [1.54, 1.807) is 6.07 Å². The molecule has 0 aromatic heterocycles. The average molecular weight is 375 g/mol. The number of nitrogens with one attached hydrogen (secondary N) is 1. The molecule has 0 fully saturated rings. The fourth-order valence-electron chi connectivity index (χ4n) is 3.85. The topological polar surface area (TPSA) is 12.0 Å². The van der Waals surface area contributed by atoms with E-state index < -0.39 is 11.7 Å². The maximum absolute atomic E-state index is 13.0. The van der Waals surface area contributed by atoms with Crippen LogP contribution in [0.1, 0.15) is 68.6 Å². The van der Waals surface area contributed by atoms with Crippen molar-refractivity contribution in [2.45, 2.75) is 64.5 Å². The van der Waals surface area contributed by atoms with Crippen molar-refractivity contribution in [2.24, 2.45) is 0 Å². The molecule has 27 heavy (non-hydrogen) atoms. The smallest absolute Gasteiger partial charge is 0.385 e. The summed E-state index contributed by atoms with van der Waals surface area (Å²) in [7, 11) is 0. The van der Waals surface area contributed by atoms with Gasteiger partial charge < -0.3 is 5.32 Å². The summed E-state index contributed by atoms with van der Waals surface area (Å²) >= 11 is 0. The molecule has 0 bridgehead atoms. The van der Waals surface area contributed by atoms with Crippen molar-refractivity contribution in [1.82, 2.24) is 0 Å². The number of rotatable bonds is 9. The minimum atomic E-state index is -4.30. The van der Waals surface area contributed by atoms with Gasteiger partial charge in [0.15, 0.2) is 0 Å². The van der Waals surface area contributed by atoms with Gasteiger partial charge in [-0.2, -0.15) is 13.2 Å². The van der Waals surface area contributed by atoms with Crippen LogP contribution < -0.4 is 5.32 Å². The molecule has 3 rings (SSSR count). The molecular formula is C23H28F3N. The van der Waals surface area contributed by atoms with Gasteiger partial charge in [0.2, 0.25) is 0 Å². The van der Waals surface area contributed by atoms with Crippen molar-refractivity contribution in [2.75, 3.05) is 11.9 Å². The monoisotopic (exact) mass is 375 g/mol. The molecule has 4 heteroatoms. The van der Waals surface area contributed by atoms with Crippen molar-refractivity contribution in [3.63, 3.8) is 0 Å². The van der Waals surface area contributed by atoms with Crippen LogP contribution in [0, 0.1) is 0 Å². The Morgan fingerprint density at radius 2 is 1.63 bits per heavy atom. The van der Waals surface area contributed by atoms with E-state index in [0.29, 0.717) is 6.42 Å². The van der Waals surface area contributed by atoms with Crippen LogP contribution in [0.15, 0.2) is 36.4 Å². The van der Waals surface area contributed by atoms with Crippen molar-refractivity contribution in [3.8, 4) is 11.1 Å². The number of hydrogen-bond donors (Lipinski definition) is 1. The van der Waals surface area contributed by atoms with Gasteiger partial charge in [0.25, 0.3) is 0 Å². The zero-order chi connectivity index (χ0) is 19.3. The number of alkyl halides is 3. The highest BCUT2D eigenvalue weighted by atomic mass is 19.4. The molecular weight excluding hydrogens is 347 g/mol. The summed E-state index contributed by atoms with van der Waals surface area (Å²) in [5.41, 5.74) is 4.23. The van der Waals surface area contributed by atoms with Gasteiger partial charge in [-0.25, -0.2) is 0 Å². The lowest BCUT2D eigenvalue weighted by Crippen LogP contribution is -2.04. The third-order valence-corrected chi connectivity index (χ3v) is 5.37. The molecule has 2 aromatic rings. The highest BCUT2D eigenvalue weighted by molar-refractivity contribution is 5.82. The van der Waals surface area contributed by atoms with Gasteiger partial charge in [-0.15, -0.1) is 0 Å². The average Bonchev–Trinajstić information content (AvgIpc) is 3.02. The van der Waals surface area contributed by atoms with E-state index in [2.05, 4.69) is 12.2 Å². The molecule has 0 saturated carbocycles. The normalized spacial score (nSPS) is 12.7. The minimum Gasteiger partial charge on any atom is -0.385 e. The second-order valence-electron chi connectivity index (χ2n) is 7.43. The maximum atomic E-state index is 13.0. The Hall–Kier alpha value is -1.97. The van der Waals surface area contributed by atoms with Gasteiger partial charge >= 0.3 is 6.18 Å². The van der Waals surface area contributed by atoms with Crippen LogP contribution in [0.4, 0.5) is 18.9 Å². The molecule has 0 saturated heterocycles. The third kappa shape index (κ3) is 4.85. The van der Waals surface area contributed by atoms with Gasteiger partial charge in [0.05, 0.1) is 5.56 Å². The molecule has 1 nitrogen and oxygen atoms in total. The van der Waals surface area contributed by atoms with Crippen LogP contribution in [0.2, 0.25) is 0 Å². The first-order valence-electron chi connectivity index (χ1n) is 10.1. The molecule has 0 radical (unpaired) electrons. The molecule has 0 aliphatic heterocycles. The lowest BCUT2D eigenvalue weighted by molar-refractivity contribution is -0.137. The molecule has 0 heterocycles. The fraction of sp³-hybridized carbons (Fsp3) is 0.478. The number of fused-ring (bicyclic) bond motifs is 3. The molecule has 0 unspecified atom stereocenters. The van der Waals surface area contributed by atoms with Crippen molar-refractivity contribution < 1.29 is 13.2 Å². The zero-order valence-corrected chi connectivity index (χ0v) is 16.0. The summed E-state index contributed by atoms with van der Waals surface area (Å²) in [6.07, 6.45) is 5.26. The maximum Gasteiger partial charge on any atom is 0.416 e. The number of halogens is 3. The number of hydrogen-bond acceptors (Lipinski definition) is 1. The Bertz CT molecular complexity index is 765. The summed E-state index contributed by atoms with van der Waals surface area (Å²) in [6.45, 7) is 3.14. The summed E-state index contributed by atoms with van der Waals surface area (Å²) in [5, 5.41) is 3.50. The van der Waals surface area contributed by atoms with E-state index in [1.807, 2.05) is 18.2 Å². The highest BCUT2D eigenvalue weighted by Gasteiger charge is 2.32. The van der Waals surface area contributed by atoms with Crippen LogP contribution >= 0.6 is 0 Å². The van der Waals surface area contributed by atoms with Crippen molar-refractivity contribution >= 4 is 5.69 Å². The second kappa shape index (κ2) is 8.81. The Morgan fingerprint density at radius 1 is 0.889 bits per heavy atom. The van der Waals surface area contributed by atoms with Crippen molar-refractivity contribution in [3.05, 3.63) is 53.1 Å². The van der Waals surface area contributed by atoms with E-state index in [4.69, 9.17) is 0 Å². The number of unbranched alkanes of at least 4 members (excludes halogenated alkanes) is 6. The van der Waals surface area contributed by atoms with Crippen LogP contribution in [-0.4, -0.2) is 6.54 Å². The van der Waals surface area contributed by atoms with Gasteiger partial charge in [-0.3, -0.25) is 0 Å². The van der Waals surface area contributed by atoms with Crippen molar-refractivity contribution in [1.29, 1.82) is 0 Å². The SMILES string of the molecule is CCCCCCCCCNc1cccc2c1Cc1ccc(C(F)(F)F)cc1-2. The lowest BCUT2D eigenvalue weighted by atomic mass is 10.0. The van der Waals surface area contributed by atoms with Crippen LogP contribution in [0.25, 0.3) is 11.1 Å². The first-order valence-corrected chi connectivity index (χ1v) is 10.1. The van der Waals surface area contributed by atoms with Gasteiger partial charge in [0, 0.05) is 18.7 Å². The summed E-state index contributed by atoms with van der Waals surface area (Å²) in [6, 6.07) is 10.0. The zero-order valence-electron chi connectivity index (χ0n) is 16.0. The van der Waals surface area contributed by atoms with Crippen LogP contribution in [0.3, 0.4) is 0 Å². The second-order valence-corrected chi connectivity index (χ2v) is 7.43.